The first-order chi connectivity index (χ1) is 8.90. The van der Waals surface area contributed by atoms with Crippen LogP contribution in [0.5, 0.6) is 0 Å². The van der Waals surface area contributed by atoms with E-state index in [9.17, 15) is 13.2 Å². The van der Waals surface area contributed by atoms with Crippen LogP contribution in [0, 0.1) is 6.92 Å². The van der Waals surface area contributed by atoms with E-state index in [2.05, 4.69) is 4.98 Å². The van der Waals surface area contributed by atoms with Crippen LogP contribution < -0.4 is 10.6 Å². The Morgan fingerprint density at radius 3 is 2.84 bits per heavy atom. The van der Waals surface area contributed by atoms with Gasteiger partial charge in [0.15, 0.2) is 0 Å². The molecule has 2 heterocycles. The molecule has 1 aliphatic rings. The van der Waals surface area contributed by atoms with Crippen molar-refractivity contribution >= 4 is 5.82 Å². The van der Waals surface area contributed by atoms with Crippen molar-refractivity contribution in [1.29, 1.82) is 0 Å². The summed E-state index contributed by atoms with van der Waals surface area (Å²) in [5.74, 6) is 0.328. The molecule has 0 spiro atoms. The van der Waals surface area contributed by atoms with E-state index >= 15 is 0 Å². The molecule has 0 saturated carbocycles. The molecule has 1 unspecified atom stereocenters. The number of rotatable bonds is 2. The van der Waals surface area contributed by atoms with Gasteiger partial charge in [-0.3, -0.25) is 0 Å². The number of hydrogen-bond acceptors (Lipinski definition) is 4. The minimum Gasteiger partial charge on any atom is -0.373 e. The first kappa shape index (κ1) is 14.1. The predicted molar refractivity (Wildman–Crippen MR) is 65.0 cm³/mol. The van der Waals surface area contributed by atoms with Gasteiger partial charge in [0.2, 0.25) is 0 Å². The van der Waals surface area contributed by atoms with Gasteiger partial charge in [-0.1, -0.05) is 0 Å². The molecule has 1 saturated heterocycles. The second kappa shape index (κ2) is 5.34. The lowest BCUT2D eigenvalue weighted by molar-refractivity contribution is -0.137. The van der Waals surface area contributed by atoms with Gasteiger partial charge >= 0.3 is 6.18 Å². The molecule has 0 bridgehead atoms. The number of hydrogen-bond donors (Lipinski definition) is 1. The van der Waals surface area contributed by atoms with Crippen LogP contribution in [0.2, 0.25) is 0 Å². The maximum absolute atomic E-state index is 12.8. The van der Waals surface area contributed by atoms with E-state index in [4.69, 9.17) is 10.5 Å². The molecule has 19 heavy (non-hydrogen) atoms. The summed E-state index contributed by atoms with van der Waals surface area (Å²) in [6.45, 7) is 3.32. The highest BCUT2D eigenvalue weighted by Gasteiger charge is 2.32. The van der Waals surface area contributed by atoms with Crippen LogP contribution >= 0.6 is 0 Å². The Kier molecular flexibility index (Phi) is 3.96. The van der Waals surface area contributed by atoms with Crippen LogP contribution in [0.25, 0.3) is 0 Å². The van der Waals surface area contributed by atoms with E-state index in [1.807, 2.05) is 0 Å². The van der Waals surface area contributed by atoms with Crippen LogP contribution in [0.3, 0.4) is 0 Å². The number of alkyl halides is 3. The maximum atomic E-state index is 12.8. The van der Waals surface area contributed by atoms with E-state index in [0.717, 1.165) is 12.1 Å². The summed E-state index contributed by atoms with van der Waals surface area (Å²) in [6, 6.07) is 2.12. The molecule has 106 valence electrons. The average molecular weight is 275 g/mol. The zero-order valence-corrected chi connectivity index (χ0v) is 10.6. The lowest BCUT2D eigenvalue weighted by Crippen LogP contribution is -2.46. The summed E-state index contributed by atoms with van der Waals surface area (Å²) in [5.41, 5.74) is 5.19. The third kappa shape index (κ3) is 3.36. The number of pyridine rings is 1. The van der Waals surface area contributed by atoms with Gasteiger partial charge in [0.05, 0.1) is 18.3 Å². The third-order valence-electron chi connectivity index (χ3n) is 2.99. The van der Waals surface area contributed by atoms with Gasteiger partial charge in [-0.25, -0.2) is 4.98 Å². The summed E-state index contributed by atoms with van der Waals surface area (Å²) in [7, 11) is 0. The number of anilines is 1. The number of nitrogens with two attached hydrogens (primary N) is 1. The predicted octanol–water partition coefficient (Wildman–Crippen LogP) is 1.57. The van der Waals surface area contributed by atoms with Crippen molar-refractivity contribution < 1.29 is 17.9 Å². The van der Waals surface area contributed by atoms with Crippen molar-refractivity contribution in [3.05, 3.63) is 23.4 Å². The molecule has 1 aromatic heterocycles. The molecule has 2 N–H and O–H groups in total. The molecule has 4 nitrogen and oxygen atoms in total. The summed E-state index contributed by atoms with van der Waals surface area (Å²) in [4.78, 5) is 5.95. The Bertz CT molecular complexity index is 450. The second-order valence-electron chi connectivity index (χ2n) is 4.53. The minimum absolute atomic E-state index is 0.162. The zero-order chi connectivity index (χ0) is 14.0. The van der Waals surface area contributed by atoms with E-state index in [1.165, 1.54) is 0 Å². The lowest BCUT2D eigenvalue weighted by Gasteiger charge is -2.33. The number of ether oxygens (including phenoxy) is 1. The van der Waals surface area contributed by atoms with Gasteiger partial charge < -0.3 is 15.4 Å². The summed E-state index contributed by atoms with van der Waals surface area (Å²) >= 11 is 0. The normalized spacial score (nSPS) is 20.7. The molecule has 1 aliphatic heterocycles. The average Bonchev–Trinajstić information content (AvgIpc) is 2.37. The number of nitrogens with zero attached hydrogens (tertiary/aromatic N) is 2. The summed E-state index contributed by atoms with van der Waals surface area (Å²) in [6.07, 6.45) is -4.52. The van der Waals surface area contributed by atoms with Crippen molar-refractivity contribution in [2.45, 2.75) is 19.2 Å². The number of aryl methyl sites for hydroxylation is 1. The fourth-order valence-corrected chi connectivity index (χ4v) is 2.05. The highest BCUT2D eigenvalue weighted by molar-refractivity contribution is 5.44. The molecule has 0 aliphatic carbocycles. The topological polar surface area (TPSA) is 51.4 Å². The van der Waals surface area contributed by atoms with Gasteiger partial charge in [0.1, 0.15) is 5.82 Å². The van der Waals surface area contributed by atoms with Crippen LogP contribution in [0.15, 0.2) is 12.1 Å². The molecule has 0 radical (unpaired) electrons. The van der Waals surface area contributed by atoms with Crippen molar-refractivity contribution in [3.63, 3.8) is 0 Å². The fraction of sp³-hybridized carbons (Fsp3) is 0.583. The van der Waals surface area contributed by atoms with Gasteiger partial charge in [-0.2, -0.15) is 13.2 Å². The number of morpholine rings is 1. The smallest absolute Gasteiger partial charge is 0.373 e. The largest absolute Gasteiger partial charge is 0.416 e. The quantitative estimate of drug-likeness (QED) is 0.890. The van der Waals surface area contributed by atoms with Gasteiger partial charge in [0.25, 0.3) is 0 Å². The Labute approximate surface area is 109 Å². The molecule has 7 heteroatoms. The number of aromatic nitrogens is 1. The van der Waals surface area contributed by atoms with Crippen LogP contribution in [-0.2, 0) is 10.9 Å². The first-order valence-electron chi connectivity index (χ1n) is 6.02. The van der Waals surface area contributed by atoms with E-state index < -0.39 is 11.7 Å². The standard InChI is InChI=1S/C12H16F3N3O/c1-8-4-9(12(13,14)15)5-11(17-8)18-2-3-19-10(6-16)7-18/h4-5,10H,2-3,6-7,16H2,1H3. The van der Waals surface area contributed by atoms with Crippen molar-refractivity contribution in [2.24, 2.45) is 5.73 Å². The maximum Gasteiger partial charge on any atom is 0.416 e. The third-order valence-corrected chi connectivity index (χ3v) is 2.99. The molecular weight excluding hydrogens is 259 g/mol. The zero-order valence-electron chi connectivity index (χ0n) is 10.6. The molecule has 0 aromatic carbocycles. The minimum atomic E-state index is -4.36. The van der Waals surface area contributed by atoms with Crippen LogP contribution in [0.4, 0.5) is 19.0 Å². The van der Waals surface area contributed by atoms with Crippen molar-refractivity contribution in [3.8, 4) is 0 Å². The van der Waals surface area contributed by atoms with E-state index in [1.54, 1.807) is 11.8 Å². The Morgan fingerprint density at radius 2 is 2.21 bits per heavy atom. The van der Waals surface area contributed by atoms with Crippen LogP contribution in [0.1, 0.15) is 11.3 Å². The lowest BCUT2D eigenvalue weighted by atomic mass is 10.2. The van der Waals surface area contributed by atoms with Gasteiger partial charge in [-0.15, -0.1) is 0 Å². The molecular formula is C12H16F3N3O. The molecule has 1 fully saturated rings. The number of halogens is 3. The SMILES string of the molecule is Cc1cc(C(F)(F)F)cc(N2CCOC(CN)C2)n1. The van der Waals surface area contributed by atoms with E-state index in [-0.39, 0.29) is 6.10 Å². The fourth-order valence-electron chi connectivity index (χ4n) is 2.05. The Balaban J connectivity index is 2.26. The highest BCUT2D eigenvalue weighted by Crippen LogP contribution is 2.31. The van der Waals surface area contributed by atoms with Gasteiger partial charge in [-0.05, 0) is 19.1 Å². The molecule has 1 aromatic rings. The van der Waals surface area contributed by atoms with E-state index in [0.29, 0.717) is 37.8 Å². The summed E-state index contributed by atoms with van der Waals surface area (Å²) in [5, 5.41) is 0. The molecule has 2 rings (SSSR count). The van der Waals surface area contributed by atoms with Crippen molar-refractivity contribution in [2.75, 3.05) is 31.1 Å². The second-order valence-corrected chi connectivity index (χ2v) is 4.53. The molecule has 1 atom stereocenters. The monoisotopic (exact) mass is 275 g/mol. The van der Waals surface area contributed by atoms with Crippen molar-refractivity contribution in [1.82, 2.24) is 4.98 Å². The molecule has 0 amide bonds. The Morgan fingerprint density at radius 1 is 1.47 bits per heavy atom. The first-order valence-corrected chi connectivity index (χ1v) is 6.02. The van der Waals surface area contributed by atoms with Gasteiger partial charge in [0, 0.05) is 25.3 Å². The highest BCUT2D eigenvalue weighted by atomic mass is 19.4. The van der Waals surface area contributed by atoms with Crippen LogP contribution in [-0.4, -0.2) is 37.3 Å². The Hall–Kier alpha value is -1.34. The summed E-state index contributed by atoms with van der Waals surface area (Å²) < 4.78 is 43.7.